The van der Waals surface area contributed by atoms with E-state index in [1.54, 1.807) is 0 Å². The lowest BCUT2D eigenvalue weighted by Gasteiger charge is -2.39. The number of ether oxygens (including phenoxy) is 2. The van der Waals surface area contributed by atoms with Gasteiger partial charge in [0.25, 0.3) is 0 Å². The van der Waals surface area contributed by atoms with Crippen LogP contribution in [0.25, 0.3) is 0 Å². The molecule has 1 fully saturated rings. The van der Waals surface area contributed by atoms with Gasteiger partial charge in [0.1, 0.15) is 24.4 Å². The first-order valence-corrected chi connectivity index (χ1v) is 5.80. The lowest BCUT2D eigenvalue weighted by atomic mass is 9.98. The number of esters is 1. The van der Waals surface area contributed by atoms with E-state index in [1.807, 2.05) is 0 Å². The van der Waals surface area contributed by atoms with Gasteiger partial charge in [-0.15, -0.1) is 5.10 Å². The highest BCUT2D eigenvalue weighted by Gasteiger charge is 2.45. The first-order valence-electron chi connectivity index (χ1n) is 5.80. The van der Waals surface area contributed by atoms with Crippen molar-refractivity contribution in [3.8, 4) is 0 Å². The maximum atomic E-state index is 11.5. The minimum atomic E-state index is -1.57. The molecule has 0 radical (unpaired) electrons. The summed E-state index contributed by atoms with van der Waals surface area (Å²) < 4.78 is 10.7. The quantitative estimate of drug-likeness (QED) is 0.428. The summed E-state index contributed by atoms with van der Waals surface area (Å²) in [6, 6.07) is 0. The number of carbonyl (C=O) groups excluding carboxylic acids is 1. The summed E-state index contributed by atoms with van der Waals surface area (Å²) >= 11 is 0. The van der Waals surface area contributed by atoms with Crippen molar-refractivity contribution in [2.24, 2.45) is 0 Å². The predicted octanol–water partition coefficient (Wildman–Crippen LogP) is -2.96. The summed E-state index contributed by atoms with van der Waals surface area (Å²) in [6.07, 6.45) is -5.90. The maximum absolute atomic E-state index is 11.5. The van der Waals surface area contributed by atoms with Gasteiger partial charge >= 0.3 is 5.97 Å². The van der Waals surface area contributed by atoms with Crippen LogP contribution in [0, 0.1) is 0 Å². The van der Waals surface area contributed by atoms with E-state index in [9.17, 15) is 20.1 Å². The van der Waals surface area contributed by atoms with E-state index < -0.39 is 43.2 Å². The lowest BCUT2D eigenvalue weighted by Crippen LogP contribution is -2.56. The van der Waals surface area contributed by atoms with Crippen molar-refractivity contribution in [3.63, 3.8) is 0 Å². The van der Waals surface area contributed by atoms with Crippen LogP contribution in [-0.2, 0) is 9.47 Å². The average molecular weight is 289 g/mol. The van der Waals surface area contributed by atoms with Gasteiger partial charge in [-0.05, 0) is 0 Å². The number of rotatable bonds is 3. The molecular formula is C10H15N3O7. The van der Waals surface area contributed by atoms with Crippen molar-refractivity contribution in [3.05, 3.63) is 11.9 Å². The number of carbonyl (C=O) groups is 1. The van der Waals surface area contributed by atoms with Crippen LogP contribution < -0.4 is 0 Å². The normalized spacial score (nSPS) is 34.0. The molecule has 2 heterocycles. The van der Waals surface area contributed by atoms with Gasteiger partial charge in [0, 0.05) is 0 Å². The van der Waals surface area contributed by atoms with Crippen molar-refractivity contribution in [2.75, 3.05) is 13.7 Å². The van der Waals surface area contributed by atoms with Gasteiger partial charge in [-0.2, -0.15) is 0 Å². The molecule has 1 saturated heterocycles. The molecule has 0 aromatic carbocycles. The molecule has 20 heavy (non-hydrogen) atoms. The van der Waals surface area contributed by atoms with Gasteiger partial charge in [-0.25, -0.2) is 9.48 Å². The molecule has 0 saturated carbocycles. The first kappa shape index (κ1) is 14.8. The number of aromatic nitrogens is 3. The third-order valence-corrected chi connectivity index (χ3v) is 3.08. The maximum Gasteiger partial charge on any atom is 0.358 e. The SMILES string of the molecule is COC(=O)c1cnnn1[C@@H]1O[C@H](CO)[C@@H](O)[C@H](O)[C@@H]1O. The standard InChI is InChI=1S/C10H15N3O7/c1-19-10(18)4-2-11-12-13(4)9-8(17)7(16)6(15)5(3-14)20-9/h2,5-9,14-17H,3H2,1H3/t5-,6-,7+,8+,9-/m1/s1. The molecule has 1 aliphatic rings. The molecule has 0 bridgehead atoms. The number of methoxy groups -OCH3 is 1. The molecule has 1 aromatic heterocycles. The Morgan fingerprint density at radius 2 is 2.10 bits per heavy atom. The largest absolute Gasteiger partial charge is 0.464 e. The zero-order valence-electron chi connectivity index (χ0n) is 10.5. The number of hydrogen-bond acceptors (Lipinski definition) is 9. The van der Waals surface area contributed by atoms with Gasteiger partial charge in [0.15, 0.2) is 11.9 Å². The molecule has 1 aromatic rings. The fourth-order valence-corrected chi connectivity index (χ4v) is 1.97. The minimum Gasteiger partial charge on any atom is -0.464 e. The fraction of sp³-hybridized carbons (Fsp3) is 0.700. The second-order valence-electron chi connectivity index (χ2n) is 4.27. The van der Waals surface area contributed by atoms with E-state index in [1.165, 1.54) is 0 Å². The highest BCUT2D eigenvalue weighted by molar-refractivity contribution is 5.86. The van der Waals surface area contributed by atoms with Crippen molar-refractivity contribution in [1.82, 2.24) is 15.0 Å². The second-order valence-corrected chi connectivity index (χ2v) is 4.27. The number of aliphatic hydroxyl groups excluding tert-OH is 4. The lowest BCUT2D eigenvalue weighted by molar-refractivity contribution is -0.254. The summed E-state index contributed by atoms with van der Waals surface area (Å²) in [5.74, 6) is -0.757. The number of aliphatic hydroxyl groups is 4. The molecule has 0 spiro atoms. The van der Waals surface area contributed by atoms with Gasteiger partial charge in [-0.1, -0.05) is 5.21 Å². The Morgan fingerprint density at radius 1 is 1.40 bits per heavy atom. The smallest absolute Gasteiger partial charge is 0.358 e. The Bertz CT molecular complexity index is 477. The molecule has 10 heteroatoms. The van der Waals surface area contributed by atoms with Gasteiger partial charge in [-0.3, -0.25) is 0 Å². The highest BCUT2D eigenvalue weighted by atomic mass is 16.6. The molecule has 5 atom stereocenters. The molecular weight excluding hydrogens is 274 g/mol. The molecule has 4 N–H and O–H groups in total. The summed E-state index contributed by atoms with van der Waals surface area (Å²) in [5, 5.41) is 45.5. The molecule has 10 nitrogen and oxygen atoms in total. The topological polar surface area (TPSA) is 147 Å². The third kappa shape index (κ3) is 2.39. The van der Waals surface area contributed by atoms with E-state index in [2.05, 4.69) is 15.0 Å². The van der Waals surface area contributed by atoms with E-state index >= 15 is 0 Å². The highest BCUT2D eigenvalue weighted by Crippen LogP contribution is 2.28. The van der Waals surface area contributed by atoms with Crippen LogP contribution in [0.5, 0.6) is 0 Å². The van der Waals surface area contributed by atoms with E-state index in [4.69, 9.17) is 9.84 Å². The minimum absolute atomic E-state index is 0.100. The Kier molecular flexibility index (Phi) is 4.30. The zero-order valence-corrected chi connectivity index (χ0v) is 10.5. The van der Waals surface area contributed by atoms with Crippen LogP contribution in [0.3, 0.4) is 0 Å². The average Bonchev–Trinajstić information content (AvgIpc) is 2.93. The van der Waals surface area contributed by atoms with Crippen LogP contribution in [0.4, 0.5) is 0 Å². The Hall–Kier alpha value is -1.59. The Balaban J connectivity index is 2.32. The molecule has 1 aliphatic heterocycles. The van der Waals surface area contributed by atoms with Crippen LogP contribution in [0.2, 0.25) is 0 Å². The van der Waals surface area contributed by atoms with E-state index in [0.29, 0.717) is 0 Å². The van der Waals surface area contributed by atoms with Crippen molar-refractivity contribution in [2.45, 2.75) is 30.6 Å². The second kappa shape index (κ2) is 5.81. The Morgan fingerprint density at radius 3 is 2.70 bits per heavy atom. The number of hydrogen-bond donors (Lipinski definition) is 4. The summed E-state index contributed by atoms with van der Waals surface area (Å²) in [7, 11) is 1.16. The first-order chi connectivity index (χ1) is 9.51. The summed E-state index contributed by atoms with van der Waals surface area (Å²) in [4.78, 5) is 11.5. The van der Waals surface area contributed by atoms with Crippen molar-refractivity contribution >= 4 is 5.97 Å². The van der Waals surface area contributed by atoms with Crippen LogP contribution in [0.1, 0.15) is 16.7 Å². The monoisotopic (exact) mass is 289 g/mol. The molecule has 2 rings (SSSR count). The van der Waals surface area contributed by atoms with Crippen molar-refractivity contribution in [1.29, 1.82) is 0 Å². The molecule has 0 unspecified atom stereocenters. The zero-order chi connectivity index (χ0) is 14.9. The molecule has 112 valence electrons. The predicted molar refractivity (Wildman–Crippen MR) is 60.4 cm³/mol. The Labute approximate surface area is 113 Å². The molecule has 0 amide bonds. The summed E-state index contributed by atoms with van der Waals surface area (Å²) in [5.41, 5.74) is -0.100. The molecule has 0 aliphatic carbocycles. The summed E-state index contributed by atoms with van der Waals surface area (Å²) in [6.45, 7) is -0.580. The van der Waals surface area contributed by atoms with Crippen LogP contribution in [-0.4, -0.2) is 79.5 Å². The van der Waals surface area contributed by atoms with Gasteiger partial charge in [0.05, 0.1) is 19.9 Å². The van der Waals surface area contributed by atoms with E-state index in [-0.39, 0.29) is 5.69 Å². The van der Waals surface area contributed by atoms with Gasteiger partial charge < -0.3 is 29.9 Å². The van der Waals surface area contributed by atoms with Crippen molar-refractivity contribution < 1.29 is 34.7 Å². The third-order valence-electron chi connectivity index (χ3n) is 3.08. The number of nitrogens with zero attached hydrogens (tertiary/aromatic N) is 3. The van der Waals surface area contributed by atoms with Gasteiger partial charge in [0.2, 0.25) is 0 Å². The van der Waals surface area contributed by atoms with Crippen LogP contribution >= 0.6 is 0 Å². The fourth-order valence-electron chi connectivity index (χ4n) is 1.97. The van der Waals surface area contributed by atoms with E-state index in [0.717, 1.165) is 18.0 Å². The van der Waals surface area contributed by atoms with Crippen LogP contribution in [0.15, 0.2) is 6.20 Å².